The summed E-state index contributed by atoms with van der Waals surface area (Å²) in [4.78, 5) is 2.43. The maximum absolute atomic E-state index is 9.58. The van der Waals surface area contributed by atoms with Gasteiger partial charge in [-0.2, -0.15) is 5.26 Å². The first-order valence-corrected chi connectivity index (χ1v) is 8.33. The van der Waals surface area contributed by atoms with Gasteiger partial charge in [-0.1, -0.05) is 12.5 Å². The third kappa shape index (κ3) is 2.74. The molecule has 0 radical (unpaired) electrons. The van der Waals surface area contributed by atoms with E-state index in [1.54, 1.807) is 0 Å². The molecule has 0 spiro atoms. The Morgan fingerprint density at radius 3 is 2.91 bits per heavy atom. The fourth-order valence-corrected chi connectivity index (χ4v) is 3.77. The lowest BCUT2D eigenvalue weighted by Crippen LogP contribution is -2.46. The van der Waals surface area contributed by atoms with Crippen molar-refractivity contribution in [3.63, 3.8) is 0 Å². The minimum absolute atomic E-state index is 0.113. The van der Waals surface area contributed by atoms with Crippen LogP contribution in [0.3, 0.4) is 0 Å². The quantitative estimate of drug-likeness (QED) is 0.874. The summed E-state index contributed by atoms with van der Waals surface area (Å²) in [7, 11) is 0. The van der Waals surface area contributed by atoms with Crippen molar-refractivity contribution in [2.45, 2.75) is 38.1 Å². The molecule has 120 valence electrons. The zero-order valence-corrected chi connectivity index (χ0v) is 13.1. The topological polar surface area (TPSA) is 49.9 Å². The molecule has 2 aromatic rings. The second-order valence-electron chi connectivity index (χ2n) is 6.28. The molecule has 2 saturated heterocycles. The number of nitrogens with zero attached hydrogens (tertiary/aromatic N) is 3. The van der Waals surface area contributed by atoms with Crippen molar-refractivity contribution in [2.24, 2.45) is 0 Å². The lowest BCUT2D eigenvalue weighted by atomic mass is 10.0. The summed E-state index contributed by atoms with van der Waals surface area (Å²) in [5.41, 5.74) is 2.85. The minimum Gasteiger partial charge on any atom is -0.349 e. The number of hydrogen-bond donors (Lipinski definition) is 0. The van der Waals surface area contributed by atoms with Gasteiger partial charge in [-0.15, -0.1) is 0 Å². The Balaban J connectivity index is 1.62. The lowest BCUT2D eigenvalue weighted by molar-refractivity contribution is -0.111. The Morgan fingerprint density at radius 2 is 2.09 bits per heavy atom. The van der Waals surface area contributed by atoms with Gasteiger partial charge < -0.3 is 13.9 Å². The molecule has 2 aliphatic rings. The third-order valence-corrected chi connectivity index (χ3v) is 4.87. The highest BCUT2D eigenvalue weighted by atomic mass is 16.7. The number of aromatic nitrogens is 1. The molecule has 0 aromatic carbocycles. The number of fused-ring (bicyclic) bond motifs is 1. The Kier molecular flexibility index (Phi) is 4.04. The second-order valence-corrected chi connectivity index (χ2v) is 6.28. The van der Waals surface area contributed by atoms with Crippen molar-refractivity contribution in [2.75, 3.05) is 19.8 Å². The molecule has 0 amide bonds. The smallest absolute Gasteiger partial charge is 0.173 e. The fourth-order valence-electron chi connectivity index (χ4n) is 3.77. The van der Waals surface area contributed by atoms with Gasteiger partial charge in [0.05, 0.1) is 30.3 Å². The number of ether oxygens (including phenoxy) is 2. The molecule has 5 heteroatoms. The van der Waals surface area contributed by atoms with E-state index in [2.05, 4.69) is 17.2 Å². The number of hydrogen-bond acceptors (Lipinski definition) is 4. The zero-order valence-electron chi connectivity index (χ0n) is 13.1. The Labute approximate surface area is 136 Å². The number of rotatable bonds is 3. The van der Waals surface area contributed by atoms with Crippen molar-refractivity contribution < 1.29 is 9.47 Å². The van der Waals surface area contributed by atoms with Crippen LogP contribution in [-0.4, -0.2) is 41.4 Å². The first kappa shape index (κ1) is 14.7. The van der Waals surface area contributed by atoms with Crippen LogP contribution in [0, 0.1) is 11.3 Å². The number of nitriles is 1. The van der Waals surface area contributed by atoms with Crippen LogP contribution in [0.1, 0.15) is 30.4 Å². The summed E-state index contributed by atoms with van der Waals surface area (Å²) >= 11 is 0. The van der Waals surface area contributed by atoms with Gasteiger partial charge in [0.25, 0.3) is 0 Å². The third-order valence-electron chi connectivity index (χ3n) is 4.87. The van der Waals surface area contributed by atoms with Crippen LogP contribution in [0.4, 0.5) is 0 Å². The molecule has 4 heterocycles. The van der Waals surface area contributed by atoms with E-state index in [4.69, 9.17) is 9.47 Å². The van der Waals surface area contributed by atoms with E-state index in [0.717, 1.165) is 36.2 Å². The van der Waals surface area contributed by atoms with E-state index in [0.29, 0.717) is 19.3 Å². The molecule has 1 unspecified atom stereocenters. The van der Waals surface area contributed by atoms with Crippen LogP contribution >= 0.6 is 0 Å². The Morgan fingerprint density at radius 1 is 1.22 bits per heavy atom. The summed E-state index contributed by atoms with van der Waals surface area (Å²) in [5.74, 6) is 0. The largest absolute Gasteiger partial charge is 0.349 e. The van der Waals surface area contributed by atoms with Crippen LogP contribution in [0.5, 0.6) is 0 Å². The van der Waals surface area contributed by atoms with Crippen LogP contribution in [0.15, 0.2) is 30.6 Å². The average Bonchev–Trinajstić information content (AvgIpc) is 3.22. The van der Waals surface area contributed by atoms with E-state index < -0.39 is 0 Å². The normalized spacial score (nSPS) is 23.3. The first-order valence-electron chi connectivity index (χ1n) is 8.33. The molecule has 1 atom stereocenters. The maximum Gasteiger partial charge on any atom is 0.173 e. The Bertz CT molecular complexity index is 727. The van der Waals surface area contributed by atoms with E-state index in [-0.39, 0.29) is 6.29 Å². The van der Waals surface area contributed by atoms with Gasteiger partial charge in [0, 0.05) is 24.5 Å². The zero-order chi connectivity index (χ0) is 15.6. The molecular formula is C18H21N3O2. The molecule has 0 N–H and O–H groups in total. The molecule has 2 aliphatic heterocycles. The molecule has 4 rings (SSSR count). The molecule has 2 aromatic heterocycles. The van der Waals surface area contributed by atoms with Gasteiger partial charge in [0.15, 0.2) is 6.29 Å². The Hall–Kier alpha value is -1.87. The van der Waals surface area contributed by atoms with E-state index in [9.17, 15) is 5.26 Å². The van der Waals surface area contributed by atoms with Crippen molar-refractivity contribution >= 4 is 5.52 Å². The second kappa shape index (κ2) is 6.32. The van der Waals surface area contributed by atoms with Crippen molar-refractivity contribution in [1.29, 1.82) is 5.26 Å². The lowest BCUT2D eigenvalue weighted by Gasteiger charge is -2.37. The van der Waals surface area contributed by atoms with Gasteiger partial charge in [-0.3, -0.25) is 4.90 Å². The summed E-state index contributed by atoms with van der Waals surface area (Å²) in [6, 6.07) is 8.64. The fraction of sp³-hybridized carbons (Fsp3) is 0.500. The standard InChI is InChI=1S/C18H21N3O2/c19-11-15-14(12-20-7-3-1-5-16(15)20)13-21-8-4-2-6-17(21)18-22-9-10-23-18/h1,3,5,7,12,17-18H,2,4,6,8-10,13H2. The molecule has 0 aliphatic carbocycles. The molecule has 5 nitrogen and oxygen atoms in total. The maximum atomic E-state index is 9.58. The van der Waals surface area contributed by atoms with Gasteiger partial charge in [-0.05, 0) is 31.5 Å². The number of piperidine rings is 1. The van der Waals surface area contributed by atoms with Gasteiger partial charge in [0.2, 0.25) is 0 Å². The van der Waals surface area contributed by atoms with E-state index >= 15 is 0 Å². The molecular weight excluding hydrogens is 290 g/mol. The summed E-state index contributed by atoms with van der Waals surface area (Å²) in [6.45, 7) is 3.19. The van der Waals surface area contributed by atoms with Crippen LogP contribution < -0.4 is 0 Å². The highest BCUT2D eigenvalue weighted by Crippen LogP contribution is 2.28. The predicted molar refractivity (Wildman–Crippen MR) is 85.9 cm³/mol. The van der Waals surface area contributed by atoms with Crippen LogP contribution in [0.25, 0.3) is 5.52 Å². The predicted octanol–water partition coefficient (Wildman–Crippen LogP) is 2.54. The van der Waals surface area contributed by atoms with Gasteiger partial charge in [0.1, 0.15) is 6.07 Å². The first-order chi connectivity index (χ1) is 11.4. The summed E-state index contributed by atoms with van der Waals surface area (Å²) < 4.78 is 13.5. The number of pyridine rings is 1. The number of likely N-dealkylation sites (tertiary alicyclic amines) is 1. The average molecular weight is 311 g/mol. The van der Waals surface area contributed by atoms with Crippen molar-refractivity contribution in [1.82, 2.24) is 9.30 Å². The van der Waals surface area contributed by atoms with Crippen LogP contribution in [0.2, 0.25) is 0 Å². The SMILES string of the molecule is N#Cc1c(CN2CCCCC2C2OCCO2)cn2ccccc12. The van der Waals surface area contributed by atoms with Crippen LogP contribution in [-0.2, 0) is 16.0 Å². The molecule has 0 saturated carbocycles. The summed E-state index contributed by atoms with van der Waals surface area (Å²) in [5, 5.41) is 9.58. The van der Waals surface area contributed by atoms with E-state index in [1.807, 2.05) is 28.8 Å². The molecule has 2 fully saturated rings. The summed E-state index contributed by atoms with van der Waals surface area (Å²) in [6.07, 6.45) is 7.47. The monoisotopic (exact) mass is 311 g/mol. The van der Waals surface area contributed by atoms with Crippen molar-refractivity contribution in [3.8, 4) is 6.07 Å². The highest BCUT2D eigenvalue weighted by Gasteiger charge is 2.34. The van der Waals surface area contributed by atoms with E-state index in [1.165, 1.54) is 12.8 Å². The van der Waals surface area contributed by atoms with Gasteiger partial charge >= 0.3 is 0 Å². The molecule has 23 heavy (non-hydrogen) atoms. The highest BCUT2D eigenvalue weighted by molar-refractivity contribution is 5.65. The minimum atomic E-state index is -0.113. The van der Waals surface area contributed by atoms with Gasteiger partial charge in [-0.25, -0.2) is 0 Å². The van der Waals surface area contributed by atoms with Crippen molar-refractivity contribution in [3.05, 3.63) is 41.7 Å². The molecule has 0 bridgehead atoms.